The smallest absolute Gasteiger partial charge is 0.339 e. The van der Waals surface area contributed by atoms with Crippen LogP contribution >= 0.6 is 0 Å². The molecule has 1 N–H and O–H groups in total. The van der Waals surface area contributed by atoms with Crippen LogP contribution in [0.15, 0.2) is 30.3 Å². The number of carbonyl (C=O) groups is 2. The molecule has 136 valence electrons. The lowest BCUT2D eigenvalue weighted by Gasteiger charge is -2.45. The van der Waals surface area contributed by atoms with E-state index < -0.39 is 30.3 Å². The standard InChI is InChI=1S/C19H25NO5/c21-14-16(22)20-12-6-5-11-19(20,15-8-2-1-3-9-15)18(23)25-17-10-4-7-13-24-17/h1-3,8-9,17,21H,4-7,10-14H2/t17?,19-/m1/s1/i17D. The molecule has 6 nitrogen and oxygen atoms in total. The topological polar surface area (TPSA) is 76.1 Å². The lowest BCUT2D eigenvalue weighted by Crippen LogP contribution is -2.59. The third-order valence-corrected chi connectivity index (χ3v) is 4.90. The van der Waals surface area contributed by atoms with Crippen molar-refractivity contribution in [3.05, 3.63) is 35.9 Å². The van der Waals surface area contributed by atoms with Crippen LogP contribution in [-0.4, -0.2) is 47.9 Å². The lowest BCUT2D eigenvalue weighted by atomic mass is 9.80. The molecule has 6 heteroatoms. The van der Waals surface area contributed by atoms with Crippen LogP contribution in [0.25, 0.3) is 0 Å². The number of benzene rings is 1. The zero-order chi connectivity index (χ0) is 18.6. The molecule has 0 aromatic heterocycles. The van der Waals surface area contributed by atoms with Gasteiger partial charge in [0.15, 0.2) is 5.54 Å². The fourth-order valence-electron chi connectivity index (χ4n) is 3.64. The van der Waals surface area contributed by atoms with Crippen molar-refractivity contribution in [1.29, 1.82) is 0 Å². The van der Waals surface area contributed by atoms with Crippen LogP contribution in [0.2, 0.25) is 0 Å². The van der Waals surface area contributed by atoms with Crippen molar-refractivity contribution >= 4 is 11.9 Å². The van der Waals surface area contributed by atoms with E-state index in [0.29, 0.717) is 31.6 Å². The number of ether oxygens (including phenoxy) is 2. The Bertz CT molecular complexity index is 647. The first kappa shape index (κ1) is 16.5. The second kappa shape index (κ2) is 7.97. The molecule has 3 rings (SSSR count). The van der Waals surface area contributed by atoms with Gasteiger partial charge in [-0.3, -0.25) is 4.79 Å². The average molecular weight is 348 g/mol. The summed E-state index contributed by atoms with van der Waals surface area (Å²) in [6, 6.07) is 8.99. The highest BCUT2D eigenvalue weighted by Crippen LogP contribution is 2.39. The molecule has 2 aliphatic heterocycles. The summed E-state index contributed by atoms with van der Waals surface area (Å²) >= 11 is 0. The van der Waals surface area contributed by atoms with Gasteiger partial charge in [-0.05, 0) is 37.7 Å². The number of carbonyl (C=O) groups excluding carboxylic acids is 2. The van der Waals surface area contributed by atoms with E-state index in [9.17, 15) is 14.7 Å². The number of amides is 1. The monoisotopic (exact) mass is 348 g/mol. The predicted octanol–water partition coefficient (Wildman–Crippen LogP) is 1.96. The number of hydrogen-bond acceptors (Lipinski definition) is 5. The van der Waals surface area contributed by atoms with E-state index >= 15 is 0 Å². The Hall–Kier alpha value is -1.92. The summed E-state index contributed by atoms with van der Waals surface area (Å²) in [5.41, 5.74) is -0.709. The van der Waals surface area contributed by atoms with Gasteiger partial charge in [-0.1, -0.05) is 30.3 Å². The Balaban J connectivity index is 1.99. The average Bonchev–Trinajstić information content (AvgIpc) is 2.68. The van der Waals surface area contributed by atoms with E-state index in [0.717, 1.165) is 25.7 Å². The Morgan fingerprint density at radius 1 is 1.28 bits per heavy atom. The molecule has 2 aliphatic rings. The molecule has 0 aliphatic carbocycles. The molecule has 0 radical (unpaired) electrons. The molecule has 1 aromatic carbocycles. The molecule has 2 saturated heterocycles. The summed E-state index contributed by atoms with van der Waals surface area (Å²) in [7, 11) is 0. The summed E-state index contributed by atoms with van der Waals surface area (Å²) in [4.78, 5) is 27.2. The maximum atomic E-state index is 13.3. The number of aliphatic hydroxyl groups excluding tert-OH is 1. The first-order valence-electron chi connectivity index (χ1n) is 9.36. The molecule has 1 unspecified atom stereocenters. The highest BCUT2D eigenvalue weighted by molar-refractivity contribution is 5.90. The minimum absolute atomic E-state index is 0.303. The van der Waals surface area contributed by atoms with Gasteiger partial charge in [0.25, 0.3) is 0 Å². The van der Waals surface area contributed by atoms with Crippen molar-refractivity contribution in [1.82, 2.24) is 4.90 Å². The third-order valence-electron chi connectivity index (χ3n) is 4.90. The lowest BCUT2D eigenvalue weighted by molar-refractivity contribution is -0.203. The van der Waals surface area contributed by atoms with Crippen molar-refractivity contribution in [2.75, 3.05) is 19.8 Å². The molecule has 0 bridgehead atoms. The Morgan fingerprint density at radius 2 is 2.08 bits per heavy atom. The minimum atomic E-state index is -1.72. The number of nitrogens with zero attached hydrogens (tertiary/aromatic N) is 1. The van der Waals surface area contributed by atoms with Crippen molar-refractivity contribution < 1.29 is 25.5 Å². The minimum Gasteiger partial charge on any atom is -0.434 e. The summed E-state index contributed by atoms with van der Waals surface area (Å²) in [6.07, 6.45) is 2.03. The Kier molecular flexibility index (Phi) is 5.28. The highest BCUT2D eigenvalue weighted by Gasteiger charge is 2.51. The Morgan fingerprint density at radius 3 is 2.76 bits per heavy atom. The summed E-state index contributed by atoms with van der Waals surface area (Å²) in [6.45, 7) is 0.0496. The van der Waals surface area contributed by atoms with E-state index in [-0.39, 0.29) is 0 Å². The van der Waals surface area contributed by atoms with Gasteiger partial charge in [-0.2, -0.15) is 0 Å². The van der Waals surface area contributed by atoms with Crippen LogP contribution in [0.3, 0.4) is 0 Å². The van der Waals surface area contributed by atoms with Gasteiger partial charge >= 0.3 is 5.97 Å². The van der Waals surface area contributed by atoms with Crippen LogP contribution in [0.1, 0.15) is 45.5 Å². The van der Waals surface area contributed by atoms with Gasteiger partial charge in [0.2, 0.25) is 12.2 Å². The molecule has 1 aromatic rings. The number of hydrogen-bond donors (Lipinski definition) is 1. The van der Waals surface area contributed by atoms with Crippen molar-refractivity contribution in [3.8, 4) is 0 Å². The molecular weight excluding hydrogens is 322 g/mol. The number of rotatable bonds is 4. The molecule has 2 fully saturated rings. The maximum Gasteiger partial charge on any atom is 0.339 e. The summed E-state index contributed by atoms with van der Waals surface area (Å²) < 4.78 is 19.3. The van der Waals surface area contributed by atoms with E-state index in [1.54, 1.807) is 24.3 Å². The molecule has 0 saturated carbocycles. The van der Waals surface area contributed by atoms with Gasteiger partial charge in [-0.15, -0.1) is 0 Å². The van der Waals surface area contributed by atoms with Gasteiger partial charge < -0.3 is 19.5 Å². The zero-order valence-electron chi connectivity index (χ0n) is 15.3. The van der Waals surface area contributed by atoms with Crippen molar-refractivity contribution in [2.45, 2.75) is 50.3 Å². The predicted molar refractivity (Wildman–Crippen MR) is 90.5 cm³/mol. The first-order valence-corrected chi connectivity index (χ1v) is 8.86. The molecule has 1 amide bonds. The normalized spacial score (nSPS) is 30.4. The summed E-state index contributed by atoms with van der Waals surface area (Å²) in [5.74, 6) is -1.18. The molecule has 25 heavy (non-hydrogen) atoms. The van der Waals surface area contributed by atoms with Crippen LogP contribution in [0.4, 0.5) is 0 Å². The van der Waals surface area contributed by atoms with Gasteiger partial charge in [-0.25, -0.2) is 4.79 Å². The second-order valence-corrected chi connectivity index (χ2v) is 6.45. The van der Waals surface area contributed by atoms with Gasteiger partial charge in [0, 0.05) is 13.0 Å². The Labute approximate surface area is 149 Å². The first-order chi connectivity index (χ1) is 12.5. The van der Waals surface area contributed by atoms with E-state index in [1.807, 2.05) is 6.07 Å². The zero-order valence-corrected chi connectivity index (χ0v) is 14.3. The third kappa shape index (κ3) is 3.55. The molecule has 0 spiro atoms. The van der Waals surface area contributed by atoms with E-state index in [4.69, 9.17) is 10.8 Å². The number of piperidine rings is 1. The fourth-order valence-corrected chi connectivity index (χ4v) is 3.64. The maximum absolute atomic E-state index is 13.3. The largest absolute Gasteiger partial charge is 0.434 e. The highest BCUT2D eigenvalue weighted by atomic mass is 16.7. The number of aliphatic hydroxyl groups is 1. The van der Waals surface area contributed by atoms with E-state index in [2.05, 4.69) is 0 Å². The SMILES string of the molecule is [2H]C1(OC(=O)[C@]2(c3ccccc3)CCCCN2C(=O)CO)CCCCO1. The van der Waals surface area contributed by atoms with E-state index in [1.165, 1.54) is 4.90 Å². The second-order valence-electron chi connectivity index (χ2n) is 6.45. The van der Waals surface area contributed by atoms with Crippen LogP contribution in [0.5, 0.6) is 0 Å². The number of esters is 1. The van der Waals surface area contributed by atoms with Crippen LogP contribution < -0.4 is 0 Å². The van der Waals surface area contributed by atoms with Gasteiger partial charge in [0.05, 0.1) is 6.61 Å². The quantitative estimate of drug-likeness (QED) is 0.842. The molecular formula is C19H25NO5. The summed E-state index contributed by atoms with van der Waals surface area (Å²) in [5, 5.41) is 9.41. The van der Waals surface area contributed by atoms with Crippen molar-refractivity contribution in [2.24, 2.45) is 0 Å². The van der Waals surface area contributed by atoms with Crippen LogP contribution in [-0.2, 0) is 24.6 Å². The van der Waals surface area contributed by atoms with Gasteiger partial charge in [0.1, 0.15) is 7.98 Å². The van der Waals surface area contributed by atoms with Crippen molar-refractivity contribution in [3.63, 3.8) is 0 Å². The number of likely N-dealkylation sites (tertiary alicyclic amines) is 1. The van der Waals surface area contributed by atoms with Crippen LogP contribution in [0, 0.1) is 0 Å². The molecule has 2 heterocycles. The molecule has 2 atom stereocenters. The fraction of sp³-hybridized carbons (Fsp3) is 0.579.